The summed E-state index contributed by atoms with van der Waals surface area (Å²) in [6.07, 6.45) is 7.98. The summed E-state index contributed by atoms with van der Waals surface area (Å²) < 4.78 is 14.2. The lowest BCUT2D eigenvalue weighted by Crippen LogP contribution is -2.33. The van der Waals surface area contributed by atoms with Crippen LogP contribution in [0.4, 0.5) is 16.0 Å². The molecule has 3 aromatic rings. The number of carbonyl (C=O) groups is 3. The Hall–Kier alpha value is -3.94. The zero-order valence-corrected chi connectivity index (χ0v) is 20.7. The molecule has 0 bridgehead atoms. The van der Waals surface area contributed by atoms with Crippen LogP contribution in [0, 0.1) is 11.7 Å². The normalized spacial score (nSPS) is 15.8. The van der Waals surface area contributed by atoms with Gasteiger partial charge >= 0.3 is 0 Å². The zero-order chi connectivity index (χ0) is 26.0. The number of rotatable bonds is 10. The Kier molecular flexibility index (Phi) is 6.82. The van der Waals surface area contributed by atoms with Crippen LogP contribution >= 0.6 is 0 Å². The van der Waals surface area contributed by atoms with Gasteiger partial charge in [-0.1, -0.05) is 44.0 Å². The number of aromatic nitrogens is 2. The third-order valence-electron chi connectivity index (χ3n) is 7.43. The van der Waals surface area contributed by atoms with Crippen molar-refractivity contribution in [3.8, 4) is 11.1 Å². The molecule has 2 heterocycles. The molecular formula is C29H29FN4O3. The Balaban J connectivity index is 1.37. The Morgan fingerprint density at radius 3 is 2.59 bits per heavy atom. The number of halogens is 1. The highest BCUT2D eigenvalue weighted by molar-refractivity contribution is 6.26. The van der Waals surface area contributed by atoms with Gasteiger partial charge in [-0.25, -0.2) is 14.4 Å². The Labute approximate surface area is 215 Å². The fourth-order valence-electron chi connectivity index (χ4n) is 5.08. The molecule has 1 atom stereocenters. The number of ketones is 1. The Morgan fingerprint density at radius 1 is 1.16 bits per heavy atom. The van der Waals surface area contributed by atoms with Crippen LogP contribution in [0.25, 0.3) is 11.1 Å². The summed E-state index contributed by atoms with van der Waals surface area (Å²) in [4.78, 5) is 47.1. The summed E-state index contributed by atoms with van der Waals surface area (Å²) in [6, 6.07) is 12.2. The van der Waals surface area contributed by atoms with Crippen LogP contribution in [0.1, 0.15) is 54.9 Å². The lowest BCUT2D eigenvalue weighted by atomic mass is 9.96. The number of aldehydes is 1. The van der Waals surface area contributed by atoms with E-state index in [9.17, 15) is 18.8 Å². The van der Waals surface area contributed by atoms with Crippen molar-refractivity contribution < 1.29 is 18.8 Å². The molecule has 1 saturated carbocycles. The predicted molar refractivity (Wildman–Crippen MR) is 138 cm³/mol. The average Bonchev–Trinajstić information content (AvgIpc) is 3.64. The fraction of sp³-hybridized carbons (Fsp3) is 0.345. The summed E-state index contributed by atoms with van der Waals surface area (Å²) >= 11 is 0. The SMILES string of the molecule is CCCCC(CNC(=O)c1ccc2c(c1)N(c1ncc(-c3ccccc3F)cn1)CC21CC1)C(=O)C=O. The monoisotopic (exact) mass is 500 g/mol. The molecule has 2 aromatic carbocycles. The lowest BCUT2D eigenvalue weighted by molar-refractivity contribution is -0.132. The van der Waals surface area contributed by atoms with E-state index in [0.29, 0.717) is 35.3 Å². The van der Waals surface area contributed by atoms with E-state index in [2.05, 4.69) is 15.3 Å². The molecule has 1 aliphatic carbocycles. The third kappa shape index (κ3) is 4.88. The predicted octanol–water partition coefficient (Wildman–Crippen LogP) is 4.77. The van der Waals surface area contributed by atoms with E-state index in [4.69, 9.17) is 0 Å². The number of Topliss-reactive ketones (excluding diaryl/α,β-unsaturated/α-hetero) is 1. The van der Waals surface area contributed by atoms with E-state index in [1.807, 2.05) is 30.0 Å². The summed E-state index contributed by atoms with van der Waals surface area (Å²) in [6.45, 7) is 2.86. The van der Waals surface area contributed by atoms with E-state index in [1.54, 1.807) is 30.6 Å². The highest BCUT2D eigenvalue weighted by Crippen LogP contribution is 2.57. The van der Waals surface area contributed by atoms with Gasteiger partial charge in [-0.05, 0) is 43.0 Å². The first-order valence-electron chi connectivity index (χ1n) is 12.7. The van der Waals surface area contributed by atoms with Crippen molar-refractivity contribution in [2.75, 3.05) is 18.0 Å². The number of anilines is 2. The largest absolute Gasteiger partial charge is 0.351 e. The molecule has 5 rings (SSSR count). The van der Waals surface area contributed by atoms with E-state index in [1.165, 1.54) is 11.6 Å². The third-order valence-corrected chi connectivity index (χ3v) is 7.43. The van der Waals surface area contributed by atoms with Crippen molar-refractivity contribution in [3.05, 3.63) is 71.8 Å². The quantitative estimate of drug-likeness (QED) is 0.319. The molecule has 1 amide bonds. The second kappa shape index (κ2) is 10.2. The molecule has 1 N–H and O–H groups in total. The average molecular weight is 501 g/mol. The molecule has 190 valence electrons. The van der Waals surface area contributed by atoms with Gasteiger partial charge in [-0.15, -0.1) is 0 Å². The van der Waals surface area contributed by atoms with Crippen LogP contribution in [-0.2, 0) is 15.0 Å². The van der Waals surface area contributed by atoms with Gasteiger partial charge in [0.25, 0.3) is 5.91 Å². The number of amides is 1. The molecule has 7 nitrogen and oxygen atoms in total. The molecule has 8 heteroatoms. The summed E-state index contributed by atoms with van der Waals surface area (Å²) in [5.74, 6) is -1.12. The van der Waals surface area contributed by atoms with Crippen molar-refractivity contribution in [3.63, 3.8) is 0 Å². The topological polar surface area (TPSA) is 92.3 Å². The first-order chi connectivity index (χ1) is 18.0. The number of unbranched alkanes of at least 4 members (excludes halogenated alkanes) is 1. The molecule has 1 aliphatic heterocycles. The summed E-state index contributed by atoms with van der Waals surface area (Å²) in [5.41, 5.74) is 3.60. The van der Waals surface area contributed by atoms with Gasteiger partial charge < -0.3 is 10.2 Å². The molecule has 2 aliphatic rings. The number of hydrogen-bond acceptors (Lipinski definition) is 6. The van der Waals surface area contributed by atoms with E-state index >= 15 is 0 Å². The van der Waals surface area contributed by atoms with Gasteiger partial charge in [0.1, 0.15) is 5.82 Å². The van der Waals surface area contributed by atoms with E-state index in [0.717, 1.165) is 37.9 Å². The number of fused-ring (bicyclic) bond motifs is 2. The van der Waals surface area contributed by atoms with Gasteiger partial charge in [0.05, 0.1) is 0 Å². The van der Waals surface area contributed by atoms with E-state index in [-0.39, 0.29) is 23.7 Å². The fourth-order valence-corrected chi connectivity index (χ4v) is 5.08. The minimum atomic E-state index is -0.511. The van der Waals surface area contributed by atoms with Crippen molar-refractivity contribution >= 4 is 29.6 Å². The molecule has 1 spiro atoms. The van der Waals surface area contributed by atoms with Crippen LogP contribution < -0.4 is 10.2 Å². The van der Waals surface area contributed by atoms with E-state index < -0.39 is 11.7 Å². The minimum Gasteiger partial charge on any atom is -0.351 e. The second-order valence-corrected chi connectivity index (χ2v) is 9.92. The highest BCUT2D eigenvalue weighted by Gasteiger charge is 2.52. The summed E-state index contributed by atoms with van der Waals surface area (Å²) in [5, 5.41) is 2.83. The molecule has 0 radical (unpaired) electrons. The van der Waals surface area contributed by atoms with Crippen LogP contribution in [0.5, 0.6) is 0 Å². The maximum atomic E-state index is 14.2. The van der Waals surface area contributed by atoms with Gasteiger partial charge in [-0.2, -0.15) is 0 Å². The molecular weight excluding hydrogens is 471 g/mol. The molecule has 1 aromatic heterocycles. The molecule has 0 saturated heterocycles. The maximum Gasteiger partial charge on any atom is 0.251 e. The first-order valence-corrected chi connectivity index (χ1v) is 12.7. The highest BCUT2D eigenvalue weighted by atomic mass is 19.1. The molecule has 1 fully saturated rings. The van der Waals surface area contributed by atoms with Gasteiger partial charge in [0, 0.05) is 59.2 Å². The first kappa shape index (κ1) is 24.7. The van der Waals surface area contributed by atoms with Gasteiger partial charge in [0.2, 0.25) is 5.95 Å². The summed E-state index contributed by atoms with van der Waals surface area (Å²) in [7, 11) is 0. The van der Waals surface area contributed by atoms with Crippen molar-refractivity contribution in [1.82, 2.24) is 15.3 Å². The second-order valence-electron chi connectivity index (χ2n) is 9.92. The Morgan fingerprint density at radius 2 is 1.92 bits per heavy atom. The smallest absolute Gasteiger partial charge is 0.251 e. The van der Waals surface area contributed by atoms with Crippen molar-refractivity contribution in [2.45, 2.75) is 44.4 Å². The number of hydrogen-bond donors (Lipinski definition) is 1. The van der Waals surface area contributed by atoms with Crippen LogP contribution in [0.15, 0.2) is 54.9 Å². The van der Waals surface area contributed by atoms with Crippen LogP contribution in [0.2, 0.25) is 0 Å². The van der Waals surface area contributed by atoms with Gasteiger partial charge in [-0.3, -0.25) is 14.4 Å². The Bertz CT molecular complexity index is 1340. The zero-order valence-electron chi connectivity index (χ0n) is 20.7. The number of nitrogens with zero attached hydrogens (tertiary/aromatic N) is 3. The number of benzene rings is 2. The van der Waals surface area contributed by atoms with Gasteiger partial charge in [0.15, 0.2) is 12.1 Å². The molecule has 1 unspecified atom stereocenters. The number of carbonyl (C=O) groups excluding carboxylic acids is 3. The lowest BCUT2D eigenvalue weighted by Gasteiger charge is -2.18. The van der Waals surface area contributed by atoms with Crippen molar-refractivity contribution in [2.24, 2.45) is 5.92 Å². The van der Waals surface area contributed by atoms with Crippen LogP contribution in [-0.4, -0.2) is 41.0 Å². The minimum absolute atomic E-state index is 0.0412. The van der Waals surface area contributed by atoms with Crippen LogP contribution in [0.3, 0.4) is 0 Å². The maximum absolute atomic E-state index is 14.2. The molecule has 37 heavy (non-hydrogen) atoms. The van der Waals surface area contributed by atoms with Crippen molar-refractivity contribution in [1.29, 1.82) is 0 Å². The standard InChI is InChI=1S/C29H29FN4O3/c1-2-3-6-20(26(36)17-35)14-31-27(37)19-9-10-23-25(13-19)34(18-29(23)11-12-29)28-32-15-21(16-33-28)22-7-4-5-8-24(22)30/h4-5,7-10,13,15-17,20H,2-3,6,11-12,14,18H2,1H3,(H,31,37). The number of nitrogens with one attached hydrogen (secondary N) is 1.